The highest BCUT2D eigenvalue weighted by Crippen LogP contribution is 2.43. The second-order valence-corrected chi connectivity index (χ2v) is 4.16. The molecule has 0 aliphatic carbocycles. The molecule has 2 rings (SSSR count). The van der Waals surface area contributed by atoms with Crippen LogP contribution in [0.5, 0.6) is 5.75 Å². The van der Waals surface area contributed by atoms with Crippen molar-refractivity contribution in [1.82, 2.24) is 4.98 Å². The summed E-state index contributed by atoms with van der Waals surface area (Å²) in [7, 11) is 1.34. The normalized spacial score (nSPS) is 14.7. The molecule has 1 heterocycles. The van der Waals surface area contributed by atoms with E-state index in [1.54, 1.807) is 0 Å². The van der Waals surface area contributed by atoms with E-state index in [4.69, 9.17) is 4.74 Å². The molecule has 0 amide bonds. The largest absolute Gasteiger partial charge is 0.497 e. The van der Waals surface area contributed by atoms with Crippen LogP contribution in [0.4, 0.5) is 13.2 Å². The molecule has 2 aromatic rings. The molecule has 0 saturated heterocycles. The first-order valence-corrected chi connectivity index (χ1v) is 5.74. The van der Waals surface area contributed by atoms with Crippen molar-refractivity contribution in [1.29, 1.82) is 0 Å². The summed E-state index contributed by atoms with van der Waals surface area (Å²) in [6.07, 6.45) is -3.71. The molecule has 0 aliphatic heterocycles. The van der Waals surface area contributed by atoms with Crippen molar-refractivity contribution >= 4 is 0 Å². The highest BCUT2D eigenvalue weighted by Gasteiger charge is 2.57. The molecule has 0 spiro atoms. The third-order valence-corrected chi connectivity index (χ3v) is 2.93. The topological polar surface area (TPSA) is 42.4 Å². The van der Waals surface area contributed by atoms with Crippen molar-refractivity contribution in [3.8, 4) is 5.75 Å². The number of hydrogen-bond acceptors (Lipinski definition) is 3. The molecule has 106 valence electrons. The number of hydrogen-bond donors (Lipinski definition) is 1. The van der Waals surface area contributed by atoms with Gasteiger partial charge >= 0.3 is 6.18 Å². The van der Waals surface area contributed by atoms with Crippen molar-refractivity contribution in [2.75, 3.05) is 7.11 Å². The molecule has 1 aromatic heterocycles. The number of methoxy groups -OCH3 is 1. The summed E-state index contributed by atoms with van der Waals surface area (Å²) in [4.78, 5) is 3.64. The van der Waals surface area contributed by atoms with E-state index in [1.165, 1.54) is 43.6 Å². The summed E-state index contributed by atoms with van der Waals surface area (Å²) < 4.78 is 45.0. The monoisotopic (exact) mass is 283 g/mol. The molecule has 3 nitrogen and oxygen atoms in total. The van der Waals surface area contributed by atoms with Crippen LogP contribution in [0.3, 0.4) is 0 Å². The van der Waals surface area contributed by atoms with Gasteiger partial charge in [-0.1, -0.05) is 18.2 Å². The van der Waals surface area contributed by atoms with Crippen LogP contribution in [0.15, 0.2) is 48.7 Å². The maximum Gasteiger partial charge on any atom is 0.427 e. The average Bonchev–Trinajstić information content (AvgIpc) is 2.46. The van der Waals surface area contributed by atoms with E-state index in [-0.39, 0.29) is 11.3 Å². The van der Waals surface area contributed by atoms with Gasteiger partial charge in [-0.25, -0.2) is 0 Å². The Labute approximate surface area is 113 Å². The van der Waals surface area contributed by atoms with Crippen molar-refractivity contribution in [2.45, 2.75) is 11.8 Å². The van der Waals surface area contributed by atoms with Gasteiger partial charge in [0.05, 0.1) is 12.8 Å². The Morgan fingerprint density at radius 3 is 2.40 bits per heavy atom. The fourth-order valence-electron chi connectivity index (χ4n) is 1.88. The Kier molecular flexibility index (Phi) is 3.67. The molecule has 1 unspecified atom stereocenters. The number of aliphatic hydroxyl groups is 1. The van der Waals surface area contributed by atoms with Crippen LogP contribution >= 0.6 is 0 Å². The lowest BCUT2D eigenvalue weighted by atomic mass is 9.89. The number of rotatable bonds is 3. The fraction of sp³-hybridized carbons (Fsp3) is 0.214. The molecule has 0 bridgehead atoms. The predicted octanol–water partition coefficient (Wildman–Crippen LogP) is 2.89. The molecular weight excluding hydrogens is 271 g/mol. The van der Waals surface area contributed by atoms with E-state index in [0.717, 1.165) is 12.1 Å². The number of aromatic nitrogens is 1. The Balaban J connectivity index is 2.64. The molecular formula is C14H12F3NO2. The molecule has 20 heavy (non-hydrogen) atoms. The van der Waals surface area contributed by atoms with Gasteiger partial charge in [-0.3, -0.25) is 4.98 Å². The summed E-state index contributed by atoms with van der Waals surface area (Å²) in [5.41, 5.74) is -4.01. The molecule has 1 aromatic carbocycles. The van der Waals surface area contributed by atoms with E-state index >= 15 is 0 Å². The smallest absolute Gasteiger partial charge is 0.427 e. The molecule has 0 fully saturated rings. The third-order valence-electron chi connectivity index (χ3n) is 2.93. The summed E-state index contributed by atoms with van der Waals surface area (Å²) in [5.74, 6) is 0.223. The Morgan fingerprint density at radius 1 is 1.10 bits per heavy atom. The quantitative estimate of drug-likeness (QED) is 0.941. The van der Waals surface area contributed by atoms with E-state index in [0.29, 0.717) is 0 Å². The number of benzene rings is 1. The van der Waals surface area contributed by atoms with Gasteiger partial charge in [0.15, 0.2) is 0 Å². The first kappa shape index (κ1) is 14.3. The fourth-order valence-corrected chi connectivity index (χ4v) is 1.88. The summed E-state index contributed by atoms with van der Waals surface area (Å²) in [5, 5.41) is 10.3. The van der Waals surface area contributed by atoms with Gasteiger partial charge in [-0.2, -0.15) is 13.2 Å². The van der Waals surface area contributed by atoms with Gasteiger partial charge in [0.2, 0.25) is 5.60 Å². The van der Waals surface area contributed by atoms with Crippen LogP contribution in [-0.2, 0) is 5.60 Å². The van der Waals surface area contributed by atoms with Crippen LogP contribution in [-0.4, -0.2) is 23.4 Å². The molecule has 0 saturated carbocycles. The number of halogens is 3. The zero-order chi connectivity index (χ0) is 14.8. The number of alkyl halides is 3. The van der Waals surface area contributed by atoms with E-state index < -0.39 is 17.5 Å². The summed E-state index contributed by atoms with van der Waals surface area (Å²) >= 11 is 0. The van der Waals surface area contributed by atoms with Crippen LogP contribution in [0, 0.1) is 0 Å². The van der Waals surface area contributed by atoms with E-state index in [2.05, 4.69) is 4.98 Å². The van der Waals surface area contributed by atoms with Crippen LogP contribution in [0.1, 0.15) is 11.3 Å². The van der Waals surface area contributed by atoms with Crippen molar-refractivity contribution in [3.63, 3.8) is 0 Å². The minimum Gasteiger partial charge on any atom is -0.497 e. The Hall–Kier alpha value is -2.08. The lowest BCUT2D eigenvalue weighted by molar-refractivity contribution is -0.249. The minimum atomic E-state index is -4.91. The van der Waals surface area contributed by atoms with Gasteiger partial charge in [0.25, 0.3) is 0 Å². The Bertz CT molecular complexity index is 586. The lowest BCUT2D eigenvalue weighted by Crippen LogP contribution is -2.44. The van der Waals surface area contributed by atoms with Crippen molar-refractivity contribution in [3.05, 3.63) is 59.9 Å². The zero-order valence-corrected chi connectivity index (χ0v) is 10.6. The standard InChI is InChI=1S/C14H12F3NO2/c1-20-11-6-4-5-10(9-11)13(19,14(15,16)17)12-7-2-3-8-18-12/h2-9,19H,1H3. The van der Waals surface area contributed by atoms with Gasteiger partial charge in [-0.05, 0) is 24.3 Å². The van der Waals surface area contributed by atoms with Crippen LogP contribution in [0.25, 0.3) is 0 Å². The predicted molar refractivity (Wildman–Crippen MR) is 66.3 cm³/mol. The van der Waals surface area contributed by atoms with Crippen LogP contribution < -0.4 is 4.74 Å². The number of pyridine rings is 1. The van der Waals surface area contributed by atoms with Gasteiger partial charge < -0.3 is 9.84 Å². The molecule has 1 atom stereocenters. The molecule has 0 aliphatic rings. The van der Waals surface area contributed by atoms with Gasteiger partial charge in [-0.15, -0.1) is 0 Å². The third kappa shape index (κ3) is 2.34. The van der Waals surface area contributed by atoms with E-state index in [9.17, 15) is 18.3 Å². The summed E-state index contributed by atoms with van der Waals surface area (Å²) in [6, 6.07) is 9.21. The van der Waals surface area contributed by atoms with Crippen LogP contribution in [0.2, 0.25) is 0 Å². The minimum absolute atomic E-state index is 0.223. The average molecular weight is 283 g/mol. The maximum atomic E-state index is 13.4. The van der Waals surface area contributed by atoms with Gasteiger partial charge in [0.1, 0.15) is 5.75 Å². The zero-order valence-electron chi connectivity index (χ0n) is 10.6. The number of ether oxygens (including phenoxy) is 1. The maximum absolute atomic E-state index is 13.4. The first-order valence-electron chi connectivity index (χ1n) is 5.74. The molecule has 1 N–H and O–H groups in total. The second kappa shape index (κ2) is 5.13. The molecule has 6 heteroatoms. The van der Waals surface area contributed by atoms with Gasteiger partial charge in [0, 0.05) is 11.8 Å². The first-order chi connectivity index (χ1) is 9.39. The van der Waals surface area contributed by atoms with Crippen molar-refractivity contribution in [2.24, 2.45) is 0 Å². The highest BCUT2D eigenvalue weighted by atomic mass is 19.4. The highest BCUT2D eigenvalue weighted by molar-refractivity contribution is 5.39. The lowest BCUT2D eigenvalue weighted by Gasteiger charge is -2.30. The van der Waals surface area contributed by atoms with Crippen molar-refractivity contribution < 1.29 is 23.0 Å². The summed E-state index contributed by atoms with van der Waals surface area (Å²) in [6.45, 7) is 0. The number of nitrogens with zero attached hydrogens (tertiary/aromatic N) is 1. The Morgan fingerprint density at radius 2 is 1.85 bits per heavy atom. The SMILES string of the molecule is COc1cccc(C(O)(c2ccccn2)C(F)(F)F)c1. The second-order valence-electron chi connectivity index (χ2n) is 4.16. The van der Waals surface area contributed by atoms with E-state index in [1.807, 2.05) is 0 Å². The molecule has 0 radical (unpaired) electrons.